The SMILES string of the molecule is C=C(C)C(=O)O/C=C(\C)C(=O)OC(O)C(O)CO. The van der Waals surface area contributed by atoms with Crippen molar-refractivity contribution < 1.29 is 34.4 Å². The average molecular weight is 260 g/mol. The standard InChI is InChI=1S/C11H16O7/c1-6(2)9(14)17-5-7(3)10(15)18-11(16)8(13)4-12/h5,8,11-13,16H,1,4H2,2-3H3/b7-5+. The molecule has 2 unspecified atom stereocenters. The number of carbonyl (C=O) groups excluding carboxylic acids is 2. The lowest BCUT2D eigenvalue weighted by atomic mass is 10.3. The van der Waals surface area contributed by atoms with Gasteiger partial charge in [-0.2, -0.15) is 0 Å². The zero-order valence-electron chi connectivity index (χ0n) is 10.1. The van der Waals surface area contributed by atoms with Crippen LogP contribution in [0, 0.1) is 0 Å². The Hall–Kier alpha value is -1.70. The van der Waals surface area contributed by atoms with E-state index in [1.807, 2.05) is 0 Å². The van der Waals surface area contributed by atoms with Gasteiger partial charge in [-0.05, 0) is 13.8 Å². The lowest BCUT2D eigenvalue weighted by molar-refractivity contribution is -0.186. The maximum Gasteiger partial charge on any atom is 0.339 e. The molecule has 0 aliphatic heterocycles. The lowest BCUT2D eigenvalue weighted by Crippen LogP contribution is -2.33. The fourth-order valence-electron chi connectivity index (χ4n) is 0.662. The van der Waals surface area contributed by atoms with Gasteiger partial charge in [-0.25, -0.2) is 9.59 Å². The molecule has 0 bridgehead atoms. The maximum absolute atomic E-state index is 11.3. The summed E-state index contributed by atoms with van der Waals surface area (Å²) in [5.41, 5.74) is 0.0527. The van der Waals surface area contributed by atoms with Gasteiger partial charge in [0, 0.05) is 5.57 Å². The number of esters is 2. The smallest absolute Gasteiger partial charge is 0.339 e. The van der Waals surface area contributed by atoms with Crippen molar-refractivity contribution in [3.63, 3.8) is 0 Å². The Balaban J connectivity index is 4.38. The first-order valence-electron chi connectivity index (χ1n) is 5.00. The summed E-state index contributed by atoms with van der Waals surface area (Å²) in [4.78, 5) is 22.3. The second-order valence-electron chi connectivity index (χ2n) is 3.53. The minimum absolute atomic E-state index is 0.103. The first kappa shape index (κ1) is 16.3. The third kappa shape index (κ3) is 5.58. The van der Waals surface area contributed by atoms with Crippen molar-refractivity contribution in [1.82, 2.24) is 0 Å². The summed E-state index contributed by atoms with van der Waals surface area (Å²) in [6.45, 7) is 5.30. The van der Waals surface area contributed by atoms with Gasteiger partial charge < -0.3 is 24.8 Å². The van der Waals surface area contributed by atoms with E-state index in [0.717, 1.165) is 6.26 Å². The summed E-state index contributed by atoms with van der Waals surface area (Å²) < 4.78 is 8.94. The van der Waals surface area contributed by atoms with E-state index < -0.39 is 30.9 Å². The number of hydrogen-bond donors (Lipinski definition) is 3. The van der Waals surface area contributed by atoms with Gasteiger partial charge >= 0.3 is 11.9 Å². The van der Waals surface area contributed by atoms with Crippen molar-refractivity contribution in [2.45, 2.75) is 26.2 Å². The summed E-state index contributed by atoms with van der Waals surface area (Å²) >= 11 is 0. The fraction of sp³-hybridized carbons (Fsp3) is 0.455. The minimum Gasteiger partial charge on any atom is -0.431 e. The Kier molecular flexibility index (Phi) is 6.88. The number of carbonyl (C=O) groups is 2. The van der Waals surface area contributed by atoms with Crippen molar-refractivity contribution in [3.05, 3.63) is 24.0 Å². The zero-order valence-corrected chi connectivity index (χ0v) is 10.1. The lowest BCUT2D eigenvalue weighted by Gasteiger charge is -2.15. The molecule has 7 heteroatoms. The first-order valence-corrected chi connectivity index (χ1v) is 5.00. The fourth-order valence-corrected chi connectivity index (χ4v) is 0.662. The molecule has 0 aromatic carbocycles. The largest absolute Gasteiger partial charge is 0.431 e. The van der Waals surface area contributed by atoms with E-state index in [4.69, 9.17) is 15.3 Å². The van der Waals surface area contributed by atoms with Crippen LogP contribution in [0.1, 0.15) is 13.8 Å². The number of aliphatic hydroxyl groups excluding tert-OH is 3. The van der Waals surface area contributed by atoms with Gasteiger partial charge in [-0.1, -0.05) is 6.58 Å². The second-order valence-corrected chi connectivity index (χ2v) is 3.53. The number of rotatable bonds is 6. The summed E-state index contributed by atoms with van der Waals surface area (Å²) in [7, 11) is 0. The van der Waals surface area contributed by atoms with Gasteiger partial charge in [-0.3, -0.25) is 0 Å². The van der Waals surface area contributed by atoms with Crippen LogP contribution >= 0.6 is 0 Å². The van der Waals surface area contributed by atoms with Gasteiger partial charge in [0.2, 0.25) is 6.29 Å². The molecular weight excluding hydrogens is 244 g/mol. The van der Waals surface area contributed by atoms with Crippen molar-refractivity contribution in [2.24, 2.45) is 0 Å². The molecule has 18 heavy (non-hydrogen) atoms. The van der Waals surface area contributed by atoms with Crippen LogP contribution in [0.15, 0.2) is 24.0 Å². The summed E-state index contributed by atoms with van der Waals surface area (Å²) in [5, 5.41) is 26.6. The highest BCUT2D eigenvalue weighted by Gasteiger charge is 2.20. The van der Waals surface area contributed by atoms with Crippen molar-refractivity contribution in [3.8, 4) is 0 Å². The molecule has 0 aliphatic rings. The Bertz CT molecular complexity index is 358. The molecule has 0 fully saturated rings. The van der Waals surface area contributed by atoms with Crippen LogP contribution in [0.3, 0.4) is 0 Å². The molecule has 2 atom stereocenters. The molecule has 3 N–H and O–H groups in total. The van der Waals surface area contributed by atoms with Crippen LogP contribution in [-0.4, -0.2) is 46.3 Å². The number of ether oxygens (including phenoxy) is 2. The topological polar surface area (TPSA) is 113 Å². The van der Waals surface area contributed by atoms with E-state index >= 15 is 0 Å². The van der Waals surface area contributed by atoms with Crippen LogP contribution in [0.5, 0.6) is 0 Å². The maximum atomic E-state index is 11.3. The molecule has 0 aromatic heterocycles. The molecule has 0 spiro atoms. The van der Waals surface area contributed by atoms with Gasteiger partial charge in [-0.15, -0.1) is 0 Å². The average Bonchev–Trinajstić information content (AvgIpc) is 2.33. The normalized spacial score (nSPS) is 14.6. The number of hydrogen-bond acceptors (Lipinski definition) is 7. The van der Waals surface area contributed by atoms with E-state index in [1.165, 1.54) is 13.8 Å². The van der Waals surface area contributed by atoms with Crippen molar-refractivity contribution in [2.75, 3.05) is 6.61 Å². The summed E-state index contributed by atoms with van der Waals surface area (Å²) in [6.07, 6.45) is -2.61. The highest BCUT2D eigenvalue weighted by Crippen LogP contribution is 2.04. The Morgan fingerprint density at radius 2 is 1.83 bits per heavy atom. The van der Waals surface area contributed by atoms with E-state index in [9.17, 15) is 9.59 Å². The molecular formula is C11H16O7. The molecule has 7 nitrogen and oxygen atoms in total. The molecule has 102 valence electrons. The van der Waals surface area contributed by atoms with Gasteiger partial charge in [0.05, 0.1) is 12.2 Å². The van der Waals surface area contributed by atoms with Crippen LogP contribution in [0.25, 0.3) is 0 Å². The monoisotopic (exact) mass is 260 g/mol. The Morgan fingerprint density at radius 3 is 2.28 bits per heavy atom. The predicted octanol–water partition coefficient (Wildman–Crippen LogP) is -0.776. The van der Waals surface area contributed by atoms with Crippen LogP contribution in [0.2, 0.25) is 0 Å². The quantitative estimate of drug-likeness (QED) is 0.248. The summed E-state index contributed by atoms with van der Waals surface area (Å²) in [5.74, 6) is -1.71. The van der Waals surface area contributed by atoms with Gasteiger partial charge in [0.1, 0.15) is 12.4 Å². The Labute approximate surface area is 104 Å². The first-order chi connectivity index (χ1) is 8.29. The minimum atomic E-state index is -1.86. The van der Waals surface area contributed by atoms with Crippen LogP contribution < -0.4 is 0 Å². The molecule has 0 saturated heterocycles. The third-order valence-corrected chi connectivity index (χ3v) is 1.76. The second kappa shape index (κ2) is 7.59. The molecule has 0 saturated carbocycles. The zero-order chi connectivity index (χ0) is 14.3. The van der Waals surface area contributed by atoms with Gasteiger partial charge in [0.15, 0.2) is 0 Å². The predicted molar refractivity (Wildman–Crippen MR) is 59.9 cm³/mol. The van der Waals surface area contributed by atoms with E-state index in [-0.39, 0.29) is 11.1 Å². The van der Waals surface area contributed by atoms with E-state index in [2.05, 4.69) is 16.1 Å². The van der Waals surface area contributed by atoms with Crippen molar-refractivity contribution >= 4 is 11.9 Å². The molecule has 0 radical (unpaired) electrons. The molecule has 0 aliphatic carbocycles. The Morgan fingerprint density at radius 1 is 1.28 bits per heavy atom. The molecule has 0 aromatic rings. The molecule has 0 rings (SSSR count). The van der Waals surface area contributed by atoms with Crippen molar-refractivity contribution in [1.29, 1.82) is 0 Å². The van der Waals surface area contributed by atoms with Crippen LogP contribution in [-0.2, 0) is 19.1 Å². The molecule has 0 amide bonds. The summed E-state index contributed by atoms with van der Waals surface area (Å²) in [6, 6.07) is 0. The van der Waals surface area contributed by atoms with Gasteiger partial charge in [0.25, 0.3) is 0 Å². The molecule has 0 heterocycles. The highest BCUT2D eigenvalue weighted by atomic mass is 16.6. The highest BCUT2D eigenvalue weighted by molar-refractivity contribution is 5.90. The van der Waals surface area contributed by atoms with Crippen LogP contribution in [0.4, 0.5) is 0 Å². The van der Waals surface area contributed by atoms with E-state index in [1.54, 1.807) is 0 Å². The third-order valence-electron chi connectivity index (χ3n) is 1.76. The number of aliphatic hydroxyl groups is 3. The van der Waals surface area contributed by atoms with E-state index in [0.29, 0.717) is 0 Å².